The van der Waals surface area contributed by atoms with Crippen LogP contribution < -0.4 is 4.74 Å². The van der Waals surface area contributed by atoms with Crippen LogP contribution in [0.5, 0.6) is 5.75 Å². The molecule has 1 nitrogen and oxygen atoms in total. The summed E-state index contributed by atoms with van der Waals surface area (Å²) in [5.74, 6) is 2.44. The van der Waals surface area contributed by atoms with E-state index < -0.39 is 0 Å². The summed E-state index contributed by atoms with van der Waals surface area (Å²) in [6.07, 6.45) is 4.89. The number of unbranched alkanes of at least 4 members (excludes halogenated alkanes) is 1. The minimum absolute atomic E-state index is 0.450. The average molecular weight is 455 g/mol. The molecule has 0 bridgehead atoms. The van der Waals surface area contributed by atoms with Gasteiger partial charge >= 0.3 is 0 Å². The number of ether oxygens (including phenoxy) is 1. The van der Waals surface area contributed by atoms with Gasteiger partial charge in [-0.05, 0) is 57.9 Å². The molecule has 3 aromatic carbocycles. The zero-order valence-electron chi connectivity index (χ0n) is 18.5. The molecule has 3 rings (SSSR count). The molecule has 0 fully saturated rings. The zero-order valence-corrected chi connectivity index (χ0v) is 20.1. The molecule has 0 heterocycles. The number of rotatable bonds is 11. The first kappa shape index (κ1) is 23.7. The highest BCUT2D eigenvalue weighted by Crippen LogP contribution is 2.39. The lowest BCUT2D eigenvalue weighted by atomic mass is 9.88. The Morgan fingerprint density at radius 1 is 0.742 bits per heavy atom. The van der Waals surface area contributed by atoms with Crippen LogP contribution in [0.2, 0.25) is 0 Å². The average Bonchev–Trinajstić information content (AvgIpc) is 2.84. The van der Waals surface area contributed by atoms with E-state index in [1.807, 2.05) is 6.07 Å². The Bertz CT molecular complexity index is 935. The Kier molecular flexibility index (Phi) is 9.31. The lowest BCUT2D eigenvalue weighted by molar-refractivity contribution is 0.233. The molecule has 0 radical (unpaired) electrons. The van der Waals surface area contributed by atoms with Gasteiger partial charge in [-0.1, -0.05) is 87.7 Å². The molecule has 0 aliphatic rings. The van der Waals surface area contributed by atoms with Crippen molar-refractivity contribution in [3.63, 3.8) is 0 Å². The quantitative estimate of drug-likeness (QED) is 0.262. The van der Waals surface area contributed by atoms with Crippen molar-refractivity contribution < 1.29 is 4.74 Å². The first-order chi connectivity index (χ1) is 15.2. The van der Waals surface area contributed by atoms with Gasteiger partial charge < -0.3 is 4.74 Å². The molecule has 3 heteroatoms. The number of alkyl halides is 2. The first-order valence-electron chi connectivity index (χ1n) is 11.3. The van der Waals surface area contributed by atoms with E-state index in [1.165, 1.54) is 19.3 Å². The van der Waals surface area contributed by atoms with Crippen molar-refractivity contribution in [3.8, 4) is 28.0 Å². The monoisotopic (exact) mass is 454 g/mol. The molecule has 0 aromatic heterocycles. The summed E-state index contributed by atoms with van der Waals surface area (Å²) in [6, 6.07) is 23.0. The van der Waals surface area contributed by atoms with Crippen molar-refractivity contribution in [1.29, 1.82) is 0 Å². The molecule has 1 unspecified atom stereocenters. The van der Waals surface area contributed by atoms with E-state index in [9.17, 15) is 0 Å². The van der Waals surface area contributed by atoms with Crippen molar-refractivity contribution in [2.45, 2.75) is 51.3 Å². The fourth-order valence-electron chi connectivity index (χ4n) is 4.01. The molecule has 31 heavy (non-hydrogen) atoms. The normalized spacial score (nSPS) is 12.0. The predicted molar refractivity (Wildman–Crippen MR) is 135 cm³/mol. The maximum absolute atomic E-state index is 6.35. The van der Waals surface area contributed by atoms with Crippen LogP contribution in [0.1, 0.15) is 50.7 Å². The summed E-state index contributed by atoms with van der Waals surface area (Å²) < 4.78 is 6.12. The lowest BCUT2D eigenvalue weighted by Gasteiger charge is -2.19. The van der Waals surface area contributed by atoms with Gasteiger partial charge in [-0.2, -0.15) is 0 Å². The molecule has 0 N–H and O–H groups in total. The third-order valence-electron chi connectivity index (χ3n) is 5.90. The van der Waals surface area contributed by atoms with Gasteiger partial charge in [-0.3, -0.25) is 0 Å². The van der Waals surface area contributed by atoms with Gasteiger partial charge in [0.2, 0.25) is 0 Å². The number of hydrogen-bond donors (Lipinski definition) is 0. The number of hydrogen-bond acceptors (Lipinski definition) is 1. The summed E-state index contributed by atoms with van der Waals surface area (Å²) >= 11 is 12.7. The second-order valence-electron chi connectivity index (χ2n) is 8.02. The van der Waals surface area contributed by atoms with Crippen molar-refractivity contribution in [2.75, 3.05) is 6.61 Å². The van der Waals surface area contributed by atoms with Gasteiger partial charge in [0.15, 0.2) is 0 Å². The third-order valence-corrected chi connectivity index (χ3v) is 6.48. The van der Waals surface area contributed by atoms with E-state index in [0.717, 1.165) is 52.2 Å². The number of halogens is 2. The standard InChI is InChI=1S/C28H32Cl2O/c1-3-5-9-21(4-2)20-31-26-16-14-23(15-17-26)28-25(19-30)13-12-24(18-29)27(28)22-10-7-6-8-11-22/h6-8,10-17,21H,3-5,9,18-20H2,1-2H3. The van der Waals surface area contributed by atoms with Gasteiger partial charge in [0.1, 0.15) is 5.75 Å². The molecule has 0 aliphatic heterocycles. The molecule has 0 spiro atoms. The Labute approximate surface area is 197 Å². The fraction of sp³-hybridized carbons (Fsp3) is 0.357. The number of benzene rings is 3. The maximum Gasteiger partial charge on any atom is 0.119 e. The van der Waals surface area contributed by atoms with Crippen LogP contribution in [0.4, 0.5) is 0 Å². The van der Waals surface area contributed by atoms with Crippen molar-refractivity contribution in [1.82, 2.24) is 0 Å². The van der Waals surface area contributed by atoms with E-state index in [0.29, 0.717) is 17.7 Å². The van der Waals surface area contributed by atoms with Crippen molar-refractivity contribution in [3.05, 3.63) is 77.9 Å². The van der Waals surface area contributed by atoms with Crippen LogP contribution in [0, 0.1) is 5.92 Å². The summed E-state index contributed by atoms with van der Waals surface area (Å²) in [5.41, 5.74) is 6.81. The van der Waals surface area contributed by atoms with Crippen LogP contribution in [0.3, 0.4) is 0 Å². The van der Waals surface area contributed by atoms with E-state index >= 15 is 0 Å². The first-order valence-corrected chi connectivity index (χ1v) is 12.3. The Morgan fingerprint density at radius 2 is 1.32 bits per heavy atom. The fourth-order valence-corrected chi connectivity index (χ4v) is 4.45. The van der Waals surface area contributed by atoms with Gasteiger partial charge in [0, 0.05) is 11.8 Å². The summed E-state index contributed by atoms with van der Waals surface area (Å²) in [5, 5.41) is 0. The highest BCUT2D eigenvalue weighted by molar-refractivity contribution is 6.18. The van der Waals surface area contributed by atoms with Crippen LogP contribution in [-0.4, -0.2) is 6.61 Å². The van der Waals surface area contributed by atoms with E-state index in [2.05, 4.69) is 74.5 Å². The predicted octanol–water partition coefficient (Wildman–Crippen LogP) is 9.09. The molecular formula is C28H32Cl2O. The zero-order chi connectivity index (χ0) is 22.1. The molecule has 0 saturated carbocycles. The Morgan fingerprint density at radius 3 is 1.84 bits per heavy atom. The SMILES string of the molecule is CCCCC(CC)COc1ccc(-c2c(CCl)ccc(CCl)c2-c2ccccc2)cc1. The van der Waals surface area contributed by atoms with Crippen molar-refractivity contribution in [2.24, 2.45) is 5.92 Å². The highest BCUT2D eigenvalue weighted by atomic mass is 35.5. The molecule has 1 atom stereocenters. The minimum atomic E-state index is 0.450. The summed E-state index contributed by atoms with van der Waals surface area (Å²) in [6.45, 7) is 5.26. The van der Waals surface area contributed by atoms with Crippen molar-refractivity contribution >= 4 is 23.2 Å². The second-order valence-corrected chi connectivity index (χ2v) is 8.55. The topological polar surface area (TPSA) is 9.23 Å². The molecular weight excluding hydrogens is 423 g/mol. The summed E-state index contributed by atoms with van der Waals surface area (Å²) in [7, 11) is 0. The molecule has 0 aliphatic carbocycles. The van der Waals surface area contributed by atoms with Crippen LogP contribution in [-0.2, 0) is 11.8 Å². The lowest BCUT2D eigenvalue weighted by Crippen LogP contribution is -2.11. The highest BCUT2D eigenvalue weighted by Gasteiger charge is 2.16. The largest absolute Gasteiger partial charge is 0.493 e. The van der Waals surface area contributed by atoms with E-state index in [4.69, 9.17) is 27.9 Å². The third kappa shape index (κ3) is 6.05. The second kappa shape index (κ2) is 12.2. The smallest absolute Gasteiger partial charge is 0.119 e. The van der Waals surface area contributed by atoms with Crippen LogP contribution >= 0.6 is 23.2 Å². The molecule has 3 aromatic rings. The van der Waals surface area contributed by atoms with Gasteiger partial charge in [0.25, 0.3) is 0 Å². The molecule has 164 valence electrons. The van der Waals surface area contributed by atoms with Gasteiger partial charge in [0.05, 0.1) is 6.61 Å². The Balaban J connectivity index is 1.92. The molecule has 0 amide bonds. The van der Waals surface area contributed by atoms with Gasteiger partial charge in [-0.25, -0.2) is 0 Å². The summed E-state index contributed by atoms with van der Waals surface area (Å²) in [4.78, 5) is 0. The minimum Gasteiger partial charge on any atom is -0.493 e. The van der Waals surface area contributed by atoms with E-state index in [1.54, 1.807) is 0 Å². The van der Waals surface area contributed by atoms with Gasteiger partial charge in [-0.15, -0.1) is 23.2 Å². The molecule has 0 saturated heterocycles. The van der Waals surface area contributed by atoms with E-state index in [-0.39, 0.29) is 0 Å². The van der Waals surface area contributed by atoms with Crippen LogP contribution in [0.25, 0.3) is 22.3 Å². The Hall–Kier alpha value is -1.96. The maximum atomic E-state index is 6.35. The van der Waals surface area contributed by atoms with Crippen LogP contribution in [0.15, 0.2) is 66.7 Å².